The molecule has 1 aromatic rings. The van der Waals surface area contributed by atoms with Gasteiger partial charge in [0.2, 0.25) is 0 Å². The van der Waals surface area contributed by atoms with Gasteiger partial charge in [0.15, 0.2) is 0 Å². The lowest BCUT2D eigenvalue weighted by molar-refractivity contribution is -0.137. The molecular weight excluding hydrogens is 236 g/mol. The molecule has 1 atom stereocenters. The van der Waals surface area contributed by atoms with E-state index < -0.39 is 17.6 Å². The molecule has 1 aliphatic heterocycles. The van der Waals surface area contributed by atoms with Gasteiger partial charge in [-0.15, -0.1) is 0 Å². The number of hydrogen-bond donors (Lipinski definition) is 2. The van der Waals surface area contributed by atoms with E-state index in [0.29, 0.717) is 12.6 Å². The van der Waals surface area contributed by atoms with Crippen LogP contribution in [0.3, 0.4) is 0 Å². The summed E-state index contributed by atoms with van der Waals surface area (Å²) in [6.45, 7) is 1.53. The zero-order chi connectivity index (χ0) is 12.5. The van der Waals surface area contributed by atoms with Crippen LogP contribution in [0.2, 0.25) is 0 Å². The Balaban J connectivity index is 2.14. The number of rotatable bonds is 2. The van der Waals surface area contributed by atoms with Gasteiger partial charge in [-0.05, 0) is 31.2 Å². The molecule has 0 amide bonds. The maximum Gasteiger partial charge on any atom is 0.416 e. The van der Waals surface area contributed by atoms with E-state index in [4.69, 9.17) is 0 Å². The fourth-order valence-corrected chi connectivity index (χ4v) is 1.81. The number of halogens is 4. The molecule has 1 aromatic carbocycles. The van der Waals surface area contributed by atoms with E-state index in [2.05, 4.69) is 10.6 Å². The molecule has 0 aromatic heterocycles. The summed E-state index contributed by atoms with van der Waals surface area (Å²) in [5.41, 5.74) is -0.850. The third-order valence-corrected chi connectivity index (χ3v) is 2.72. The predicted molar refractivity (Wildman–Crippen MR) is 56.3 cm³/mol. The summed E-state index contributed by atoms with van der Waals surface area (Å²) in [4.78, 5) is 0. The summed E-state index contributed by atoms with van der Waals surface area (Å²) < 4.78 is 50.4. The van der Waals surface area contributed by atoms with Crippen LogP contribution in [0.25, 0.3) is 0 Å². The fraction of sp³-hybridized carbons (Fsp3) is 0.455. The first kappa shape index (κ1) is 12.2. The fourth-order valence-electron chi connectivity index (χ4n) is 1.81. The zero-order valence-corrected chi connectivity index (χ0v) is 8.94. The van der Waals surface area contributed by atoms with Crippen molar-refractivity contribution in [3.63, 3.8) is 0 Å². The first-order valence-corrected chi connectivity index (χ1v) is 5.31. The molecule has 2 nitrogen and oxygen atoms in total. The van der Waals surface area contributed by atoms with Gasteiger partial charge in [-0.1, -0.05) is 0 Å². The minimum absolute atomic E-state index is 0.0706. The Morgan fingerprint density at radius 1 is 1.29 bits per heavy atom. The van der Waals surface area contributed by atoms with Crippen LogP contribution in [0.4, 0.5) is 23.2 Å². The van der Waals surface area contributed by atoms with Crippen LogP contribution < -0.4 is 10.6 Å². The molecule has 1 heterocycles. The highest BCUT2D eigenvalue weighted by molar-refractivity contribution is 5.47. The third kappa shape index (κ3) is 2.88. The molecule has 0 bridgehead atoms. The standard InChI is InChI=1S/C11H12F4N2/c12-9-5-7(11(13,14)15)1-2-10(9)17-8-3-4-16-6-8/h1-2,5,8,16-17H,3-4,6H2. The molecule has 2 rings (SSSR count). The Morgan fingerprint density at radius 3 is 2.59 bits per heavy atom. The smallest absolute Gasteiger partial charge is 0.379 e. The Morgan fingerprint density at radius 2 is 2.06 bits per heavy atom. The first-order chi connectivity index (χ1) is 7.97. The third-order valence-electron chi connectivity index (χ3n) is 2.72. The Labute approximate surface area is 96.0 Å². The normalized spacial score (nSPS) is 20.6. The minimum atomic E-state index is -4.51. The first-order valence-electron chi connectivity index (χ1n) is 5.31. The Hall–Kier alpha value is -1.30. The Kier molecular flexibility index (Phi) is 3.24. The number of alkyl halides is 3. The van der Waals surface area contributed by atoms with Gasteiger partial charge in [0.25, 0.3) is 0 Å². The van der Waals surface area contributed by atoms with E-state index in [1.807, 2.05) is 0 Å². The molecule has 1 saturated heterocycles. The van der Waals surface area contributed by atoms with Gasteiger partial charge >= 0.3 is 6.18 Å². The van der Waals surface area contributed by atoms with E-state index in [1.54, 1.807) is 0 Å². The highest BCUT2D eigenvalue weighted by Gasteiger charge is 2.31. The molecule has 0 radical (unpaired) electrons. The van der Waals surface area contributed by atoms with Gasteiger partial charge in [-0.25, -0.2) is 4.39 Å². The van der Waals surface area contributed by atoms with Gasteiger partial charge in [0.1, 0.15) is 5.82 Å². The summed E-state index contributed by atoms with van der Waals surface area (Å²) in [6.07, 6.45) is -3.67. The molecule has 6 heteroatoms. The van der Waals surface area contributed by atoms with Crippen LogP contribution in [0.15, 0.2) is 18.2 Å². The topological polar surface area (TPSA) is 24.1 Å². The van der Waals surface area contributed by atoms with E-state index in [-0.39, 0.29) is 11.7 Å². The van der Waals surface area contributed by atoms with Crippen LogP contribution in [-0.4, -0.2) is 19.1 Å². The monoisotopic (exact) mass is 248 g/mol. The summed E-state index contributed by atoms with van der Waals surface area (Å²) in [5.74, 6) is -0.869. The van der Waals surface area contributed by atoms with Crippen molar-refractivity contribution >= 4 is 5.69 Å². The second-order valence-corrected chi connectivity index (χ2v) is 4.03. The molecule has 2 N–H and O–H groups in total. The highest BCUT2D eigenvalue weighted by atomic mass is 19.4. The van der Waals surface area contributed by atoms with Crippen molar-refractivity contribution in [2.45, 2.75) is 18.6 Å². The number of benzene rings is 1. The largest absolute Gasteiger partial charge is 0.416 e. The van der Waals surface area contributed by atoms with Gasteiger partial charge in [-0.3, -0.25) is 0 Å². The van der Waals surface area contributed by atoms with Crippen molar-refractivity contribution in [3.05, 3.63) is 29.6 Å². The van der Waals surface area contributed by atoms with Crippen molar-refractivity contribution in [2.24, 2.45) is 0 Å². The lowest BCUT2D eigenvalue weighted by Crippen LogP contribution is -2.22. The van der Waals surface area contributed by atoms with E-state index in [1.165, 1.54) is 0 Å². The summed E-state index contributed by atoms with van der Waals surface area (Å²) in [5, 5.41) is 5.97. The number of nitrogens with one attached hydrogen (secondary N) is 2. The van der Waals surface area contributed by atoms with Crippen molar-refractivity contribution in [1.82, 2.24) is 5.32 Å². The molecule has 0 saturated carbocycles. The molecule has 1 fully saturated rings. The van der Waals surface area contributed by atoms with E-state index in [0.717, 1.165) is 25.1 Å². The molecule has 1 unspecified atom stereocenters. The van der Waals surface area contributed by atoms with Crippen LogP contribution in [-0.2, 0) is 6.18 Å². The SMILES string of the molecule is Fc1cc(C(F)(F)F)ccc1NC1CCNC1. The molecule has 17 heavy (non-hydrogen) atoms. The average molecular weight is 248 g/mol. The average Bonchev–Trinajstić information content (AvgIpc) is 2.72. The van der Waals surface area contributed by atoms with E-state index in [9.17, 15) is 17.6 Å². The van der Waals surface area contributed by atoms with Crippen LogP contribution in [0.5, 0.6) is 0 Å². The van der Waals surface area contributed by atoms with Crippen molar-refractivity contribution < 1.29 is 17.6 Å². The molecule has 0 aliphatic carbocycles. The quantitative estimate of drug-likeness (QED) is 0.786. The lowest BCUT2D eigenvalue weighted by Gasteiger charge is -2.15. The predicted octanol–water partition coefficient (Wildman–Crippen LogP) is 2.62. The van der Waals surface area contributed by atoms with Crippen LogP contribution in [0.1, 0.15) is 12.0 Å². The summed E-state index contributed by atoms with van der Waals surface area (Å²) >= 11 is 0. The minimum Gasteiger partial charge on any atom is -0.379 e. The lowest BCUT2D eigenvalue weighted by atomic mass is 10.1. The molecule has 0 spiro atoms. The van der Waals surface area contributed by atoms with Crippen molar-refractivity contribution in [1.29, 1.82) is 0 Å². The second kappa shape index (κ2) is 4.52. The van der Waals surface area contributed by atoms with Gasteiger partial charge < -0.3 is 10.6 Å². The molecule has 1 aliphatic rings. The number of hydrogen-bond acceptors (Lipinski definition) is 2. The van der Waals surface area contributed by atoms with Gasteiger partial charge in [0, 0.05) is 12.6 Å². The summed E-state index contributed by atoms with van der Waals surface area (Å²) in [7, 11) is 0. The number of anilines is 1. The van der Waals surface area contributed by atoms with Crippen LogP contribution >= 0.6 is 0 Å². The zero-order valence-electron chi connectivity index (χ0n) is 8.94. The van der Waals surface area contributed by atoms with E-state index >= 15 is 0 Å². The van der Waals surface area contributed by atoms with Gasteiger partial charge in [-0.2, -0.15) is 13.2 Å². The maximum absolute atomic E-state index is 13.5. The Bertz CT molecular complexity index is 397. The van der Waals surface area contributed by atoms with Crippen molar-refractivity contribution in [2.75, 3.05) is 18.4 Å². The second-order valence-electron chi connectivity index (χ2n) is 4.03. The molecular formula is C11H12F4N2. The van der Waals surface area contributed by atoms with Gasteiger partial charge in [0.05, 0.1) is 11.3 Å². The maximum atomic E-state index is 13.5. The summed E-state index contributed by atoms with van der Waals surface area (Å²) in [6, 6.07) is 2.61. The molecule has 94 valence electrons. The van der Waals surface area contributed by atoms with Crippen molar-refractivity contribution in [3.8, 4) is 0 Å². The highest BCUT2D eigenvalue weighted by Crippen LogP contribution is 2.31. The van der Waals surface area contributed by atoms with Crippen LogP contribution in [0, 0.1) is 5.82 Å².